The molecule has 0 aliphatic heterocycles. The van der Waals surface area contributed by atoms with Gasteiger partial charge >= 0.3 is 0 Å². The van der Waals surface area contributed by atoms with E-state index in [-0.39, 0.29) is 5.60 Å². The minimum Gasteiger partial charge on any atom is -0.380 e. The normalized spacial score (nSPS) is 20.2. The number of rotatable bonds is 10. The lowest BCUT2D eigenvalue weighted by atomic mass is 9.92. The Morgan fingerprint density at radius 3 is 2.39 bits per heavy atom. The van der Waals surface area contributed by atoms with Crippen LogP contribution < -0.4 is 5.32 Å². The molecule has 108 valence electrons. The fraction of sp³-hybridized carbons (Fsp3) is 1.00. The summed E-state index contributed by atoms with van der Waals surface area (Å²) in [5.41, 5.74) is 0.0255. The number of nitrogens with one attached hydrogen (secondary N) is 1. The van der Waals surface area contributed by atoms with Crippen LogP contribution in [-0.2, 0) is 9.47 Å². The zero-order chi connectivity index (χ0) is 13.3. The lowest BCUT2D eigenvalue weighted by Gasteiger charge is -2.38. The minimum atomic E-state index is 0.0255. The van der Waals surface area contributed by atoms with Crippen molar-refractivity contribution in [3.8, 4) is 0 Å². The van der Waals surface area contributed by atoms with Crippen LogP contribution in [0.4, 0.5) is 0 Å². The first-order valence-electron chi connectivity index (χ1n) is 7.74. The highest BCUT2D eigenvalue weighted by Crippen LogP contribution is 2.36. The van der Waals surface area contributed by atoms with Gasteiger partial charge in [-0.1, -0.05) is 26.7 Å². The van der Waals surface area contributed by atoms with Crippen LogP contribution in [0, 0.1) is 0 Å². The van der Waals surface area contributed by atoms with Gasteiger partial charge in [-0.25, -0.2) is 0 Å². The largest absolute Gasteiger partial charge is 0.380 e. The first-order chi connectivity index (χ1) is 8.79. The molecule has 0 spiro atoms. The van der Waals surface area contributed by atoms with Gasteiger partial charge in [0.05, 0.1) is 18.2 Å². The zero-order valence-corrected chi connectivity index (χ0v) is 12.5. The fourth-order valence-electron chi connectivity index (χ4n) is 2.92. The molecule has 1 aliphatic rings. The van der Waals surface area contributed by atoms with Crippen LogP contribution >= 0.6 is 0 Å². The molecule has 0 saturated heterocycles. The van der Waals surface area contributed by atoms with Crippen LogP contribution in [0.25, 0.3) is 0 Å². The average Bonchev–Trinajstić information content (AvgIpc) is 2.83. The summed E-state index contributed by atoms with van der Waals surface area (Å²) in [6.45, 7) is 9.96. The Labute approximate surface area is 113 Å². The lowest BCUT2D eigenvalue weighted by Crippen LogP contribution is -2.53. The molecular weight excluding hydrogens is 226 g/mol. The number of ether oxygens (including phenoxy) is 2. The lowest BCUT2D eigenvalue weighted by molar-refractivity contribution is -0.0803. The maximum absolute atomic E-state index is 6.14. The van der Waals surface area contributed by atoms with E-state index >= 15 is 0 Å². The standard InChI is InChI=1S/C15H31NO2/c1-4-11-16-14(13-17-12-5-2)15(18-6-3)9-7-8-10-15/h14,16H,4-13H2,1-3H3. The van der Waals surface area contributed by atoms with Gasteiger partial charge in [-0.3, -0.25) is 0 Å². The number of hydrogen-bond donors (Lipinski definition) is 1. The maximum Gasteiger partial charge on any atom is 0.0857 e. The second-order valence-electron chi connectivity index (χ2n) is 5.29. The molecule has 1 fully saturated rings. The van der Waals surface area contributed by atoms with Gasteiger partial charge in [0.2, 0.25) is 0 Å². The maximum atomic E-state index is 6.14. The van der Waals surface area contributed by atoms with Gasteiger partial charge in [-0.15, -0.1) is 0 Å². The summed E-state index contributed by atoms with van der Waals surface area (Å²) in [7, 11) is 0. The summed E-state index contributed by atoms with van der Waals surface area (Å²) in [5.74, 6) is 0. The Morgan fingerprint density at radius 2 is 1.83 bits per heavy atom. The highest BCUT2D eigenvalue weighted by atomic mass is 16.5. The van der Waals surface area contributed by atoms with E-state index in [4.69, 9.17) is 9.47 Å². The summed E-state index contributed by atoms with van der Waals surface area (Å²) in [4.78, 5) is 0. The SMILES string of the molecule is CCCNC(COCCC)C1(OCC)CCCC1. The van der Waals surface area contributed by atoms with Crippen molar-refractivity contribution in [2.24, 2.45) is 0 Å². The Kier molecular flexibility index (Phi) is 7.87. The van der Waals surface area contributed by atoms with Gasteiger partial charge in [0.25, 0.3) is 0 Å². The second kappa shape index (κ2) is 8.89. The smallest absolute Gasteiger partial charge is 0.0857 e. The predicted octanol–water partition coefficient (Wildman–Crippen LogP) is 3.13. The summed E-state index contributed by atoms with van der Waals surface area (Å²) >= 11 is 0. The molecule has 18 heavy (non-hydrogen) atoms. The van der Waals surface area contributed by atoms with E-state index in [1.165, 1.54) is 25.7 Å². The second-order valence-corrected chi connectivity index (χ2v) is 5.29. The van der Waals surface area contributed by atoms with Gasteiger partial charge in [0, 0.05) is 13.2 Å². The minimum absolute atomic E-state index is 0.0255. The van der Waals surface area contributed by atoms with Crippen LogP contribution in [0.3, 0.4) is 0 Å². The summed E-state index contributed by atoms with van der Waals surface area (Å²) in [5, 5.41) is 3.65. The third-order valence-corrected chi connectivity index (χ3v) is 3.79. The van der Waals surface area contributed by atoms with E-state index in [1.807, 2.05) is 0 Å². The van der Waals surface area contributed by atoms with Crippen molar-refractivity contribution in [1.82, 2.24) is 5.32 Å². The highest BCUT2D eigenvalue weighted by molar-refractivity contribution is 4.97. The average molecular weight is 257 g/mol. The predicted molar refractivity (Wildman–Crippen MR) is 76.0 cm³/mol. The zero-order valence-electron chi connectivity index (χ0n) is 12.5. The van der Waals surface area contributed by atoms with Gasteiger partial charge in [0.1, 0.15) is 0 Å². The van der Waals surface area contributed by atoms with Gasteiger partial charge in [-0.05, 0) is 39.2 Å². The Morgan fingerprint density at radius 1 is 1.11 bits per heavy atom. The molecule has 1 atom stereocenters. The molecule has 1 saturated carbocycles. The molecule has 1 unspecified atom stereocenters. The van der Waals surface area contributed by atoms with Crippen LogP contribution in [0.5, 0.6) is 0 Å². The van der Waals surface area contributed by atoms with E-state index in [1.54, 1.807) is 0 Å². The quantitative estimate of drug-likeness (QED) is 0.610. The van der Waals surface area contributed by atoms with Crippen molar-refractivity contribution in [2.45, 2.75) is 70.9 Å². The summed E-state index contributed by atoms with van der Waals surface area (Å²) < 4.78 is 11.9. The van der Waals surface area contributed by atoms with Crippen molar-refractivity contribution >= 4 is 0 Å². The van der Waals surface area contributed by atoms with Gasteiger partial charge < -0.3 is 14.8 Å². The molecule has 1 N–H and O–H groups in total. The Hall–Kier alpha value is -0.120. The van der Waals surface area contributed by atoms with E-state index in [2.05, 4.69) is 26.1 Å². The Bertz CT molecular complexity index is 203. The van der Waals surface area contributed by atoms with Gasteiger partial charge in [-0.2, -0.15) is 0 Å². The molecule has 0 aromatic heterocycles. The molecule has 0 heterocycles. The first kappa shape index (κ1) is 15.9. The van der Waals surface area contributed by atoms with Crippen molar-refractivity contribution in [3.63, 3.8) is 0 Å². The molecule has 0 amide bonds. The first-order valence-corrected chi connectivity index (χ1v) is 7.74. The molecule has 3 nitrogen and oxygen atoms in total. The molecule has 3 heteroatoms. The van der Waals surface area contributed by atoms with Crippen molar-refractivity contribution < 1.29 is 9.47 Å². The van der Waals surface area contributed by atoms with E-state index in [0.717, 1.165) is 39.2 Å². The topological polar surface area (TPSA) is 30.5 Å². The van der Waals surface area contributed by atoms with Crippen LogP contribution in [0.2, 0.25) is 0 Å². The molecular formula is C15H31NO2. The Balaban J connectivity index is 2.58. The summed E-state index contributed by atoms with van der Waals surface area (Å²) in [6.07, 6.45) is 7.18. The van der Waals surface area contributed by atoms with E-state index < -0.39 is 0 Å². The van der Waals surface area contributed by atoms with Gasteiger partial charge in [0.15, 0.2) is 0 Å². The van der Waals surface area contributed by atoms with E-state index in [0.29, 0.717) is 6.04 Å². The molecule has 0 aromatic carbocycles. The highest BCUT2D eigenvalue weighted by Gasteiger charge is 2.41. The van der Waals surface area contributed by atoms with Crippen molar-refractivity contribution in [3.05, 3.63) is 0 Å². The fourth-order valence-corrected chi connectivity index (χ4v) is 2.92. The third kappa shape index (κ3) is 4.52. The monoisotopic (exact) mass is 257 g/mol. The molecule has 0 aromatic rings. The van der Waals surface area contributed by atoms with Crippen molar-refractivity contribution in [1.29, 1.82) is 0 Å². The van der Waals surface area contributed by atoms with E-state index in [9.17, 15) is 0 Å². The molecule has 1 aliphatic carbocycles. The molecule has 1 rings (SSSR count). The number of hydrogen-bond acceptors (Lipinski definition) is 3. The van der Waals surface area contributed by atoms with Crippen molar-refractivity contribution in [2.75, 3.05) is 26.4 Å². The van der Waals surface area contributed by atoms with Crippen LogP contribution in [-0.4, -0.2) is 38.0 Å². The summed E-state index contributed by atoms with van der Waals surface area (Å²) in [6, 6.07) is 0.353. The third-order valence-electron chi connectivity index (χ3n) is 3.79. The van der Waals surface area contributed by atoms with Crippen LogP contribution in [0.1, 0.15) is 59.3 Å². The molecule has 0 radical (unpaired) electrons. The van der Waals surface area contributed by atoms with Crippen LogP contribution in [0.15, 0.2) is 0 Å². The molecule has 0 bridgehead atoms.